The molecule has 6 nitrogen and oxygen atoms in total. The van der Waals surface area contributed by atoms with Crippen molar-refractivity contribution in [1.29, 1.82) is 0 Å². The Morgan fingerprint density at radius 2 is 1.86 bits per heavy atom. The first kappa shape index (κ1) is 19.0. The van der Waals surface area contributed by atoms with E-state index >= 15 is 0 Å². The molecule has 0 saturated carbocycles. The van der Waals surface area contributed by atoms with Crippen molar-refractivity contribution in [3.8, 4) is 0 Å². The Balaban J connectivity index is 1.50. The third-order valence-corrected chi connectivity index (χ3v) is 5.14. The van der Waals surface area contributed by atoms with E-state index in [1.165, 1.54) is 6.20 Å². The molecule has 0 aliphatic carbocycles. The molecule has 1 aromatic carbocycles. The molecule has 9 heteroatoms. The topological polar surface area (TPSA) is 68.2 Å². The van der Waals surface area contributed by atoms with E-state index in [1.54, 1.807) is 29.3 Å². The van der Waals surface area contributed by atoms with Crippen molar-refractivity contribution in [3.05, 3.63) is 64.0 Å². The fraction of sp³-hybridized carbons (Fsp3) is 0.263. The predicted molar refractivity (Wildman–Crippen MR) is 103 cm³/mol. The number of carbonyl (C=O) groups excluding carboxylic acids is 1. The highest BCUT2D eigenvalue weighted by Gasteiger charge is 2.27. The number of halogens is 3. The molecule has 0 amide bonds. The van der Waals surface area contributed by atoms with Gasteiger partial charge in [0.25, 0.3) is 0 Å². The molecule has 1 fully saturated rings. The number of fused-ring (bicyclic) bond motifs is 1. The average Bonchev–Trinajstić information content (AvgIpc) is 2.72. The van der Waals surface area contributed by atoms with Gasteiger partial charge in [0.05, 0.1) is 11.3 Å². The minimum atomic E-state index is -0.709. The second kappa shape index (κ2) is 7.95. The zero-order valence-corrected chi connectivity index (χ0v) is 16.1. The SMILES string of the molecule is O=C(ON1CCC(c2nc(Cl)nc3c(F)c(Cl)ncc23)CC1)c1ccccc1. The van der Waals surface area contributed by atoms with Gasteiger partial charge in [-0.1, -0.05) is 29.8 Å². The molecule has 3 aromatic rings. The number of nitrogens with zero attached hydrogens (tertiary/aromatic N) is 4. The van der Waals surface area contributed by atoms with Crippen molar-refractivity contribution in [2.45, 2.75) is 18.8 Å². The molecule has 0 atom stereocenters. The van der Waals surface area contributed by atoms with Crippen LogP contribution in [0.5, 0.6) is 0 Å². The van der Waals surface area contributed by atoms with E-state index in [1.807, 2.05) is 6.07 Å². The fourth-order valence-electron chi connectivity index (χ4n) is 3.30. The Hall–Kier alpha value is -2.35. The van der Waals surface area contributed by atoms with Crippen molar-refractivity contribution in [3.63, 3.8) is 0 Å². The van der Waals surface area contributed by atoms with Gasteiger partial charge in [-0.3, -0.25) is 0 Å². The summed E-state index contributed by atoms with van der Waals surface area (Å²) in [6.45, 7) is 1.05. The lowest BCUT2D eigenvalue weighted by molar-refractivity contribution is -0.122. The van der Waals surface area contributed by atoms with E-state index in [0.29, 0.717) is 42.6 Å². The van der Waals surface area contributed by atoms with Gasteiger partial charge >= 0.3 is 5.97 Å². The minimum Gasteiger partial charge on any atom is -0.364 e. The second-order valence-corrected chi connectivity index (χ2v) is 7.15. The maximum atomic E-state index is 14.3. The van der Waals surface area contributed by atoms with E-state index in [4.69, 9.17) is 28.0 Å². The third-order valence-electron chi connectivity index (χ3n) is 4.71. The molecule has 0 spiro atoms. The molecule has 0 radical (unpaired) electrons. The number of hydrogen-bond acceptors (Lipinski definition) is 6. The van der Waals surface area contributed by atoms with Gasteiger partial charge in [0, 0.05) is 30.6 Å². The molecule has 1 aliphatic heterocycles. The van der Waals surface area contributed by atoms with Gasteiger partial charge in [-0.15, -0.1) is 5.06 Å². The van der Waals surface area contributed by atoms with E-state index in [2.05, 4.69) is 15.0 Å². The number of rotatable bonds is 3. The lowest BCUT2D eigenvalue weighted by Gasteiger charge is -2.30. The highest BCUT2D eigenvalue weighted by Crippen LogP contribution is 2.33. The van der Waals surface area contributed by atoms with E-state index in [-0.39, 0.29) is 21.9 Å². The van der Waals surface area contributed by atoms with Gasteiger partial charge in [-0.2, -0.15) is 0 Å². The zero-order chi connectivity index (χ0) is 19.7. The number of aromatic nitrogens is 3. The third kappa shape index (κ3) is 3.78. The number of hydrogen-bond donors (Lipinski definition) is 0. The largest absolute Gasteiger partial charge is 0.364 e. The van der Waals surface area contributed by atoms with Crippen molar-refractivity contribution < 1.29 is 14.0 Å². The van der Waals surface area contributed by atoms with Crippen LogP contribution in [0.15, 0.2) is 36.5 Å². The van der Waals surface area contributed by atoms with Gasteiger partial charge in [-0.25, -0.2) is 24.1 Å². The van der Waals surface area contributed by atoms with Crippen molar-refractivity contribution >= 4 is 40.1 Å². The Bertz CT molecular complexity index is 1030. The molecular formula is C19H15Cl2FN4O2. The molecule has 0 N–H and O–H groups in total. The lowest BCUT2D eigenvalue weighted by atomic mass is 9.92. The minimum absolute atomic E-state index is 0.0112. The van der Waals surface area contributed by atoms with Gasteiger partial charge < -0.3 is 4.84 Å². The molecule has 144 valence electrons. The summed E-state index contributed by atoms with van der Waals surface area (Å²) in [5.74, 6) is -1.09. The number of carbonyl (C=O) groups is 1. The summed E-state index contributed by atoms with van der Waals surface area (Å²) in [4.78, 5) is 29.8. The highest BCUT2D eigenvalue weighted by molar-refractivity contribution is 6.30. The molecular weight excluding hydrogens is 406 g/mol. The maximum absolute atomic E-state index is 14.3. The molecule has 0 unspecified atom stereocenters. The normalized spacial score (nSPS) is 15.7. The lowest BCUT2D eigenvalue weighted by Crippen LogP contribution is -2.35. The van der Waals surface area contributed by atoms with E-state index in [0.717, 1.165) is 0 Å². The summed E-state index contributed by atoms with van der Waals surface area (Å²) in [6.07, 6.45) is 2.79. The first-order chi connectivity index (χ1) is 13.5. The van der Waals surface area contributed by atoms with Crippen LogP contribution in [0.1, 0.15) is 34.8 Å². The maximum Gasteiger partial charge on any atom is 0.357 e. The fourth-order valence-corrected chi connectivity index (χ4v) is 3.62. The Kier molecular flexibility index (Phi) is 5.39. The summed E-state index contributed by atoms with van der Waals surface area (Å²) < 4.78 is 14.3. The summed E-state index contributed by atoms with van der Waals surface area (Å²) in [5, 5.41) is 1.83. The Morgan fingerprint density at radius 3 is 2.57 bits per heavy atom. The average molecular weight is 421 g/mol. The Morgan fingerprint density at radius 1 is 1.14 bits per heavy atom. The summed E-state index contributed by atoms with van der Waals surface area (Å²) in [6, 6.07) is 8.82. The zero-order valence-electron chi connectivity index (χ0n) is 14.6. The van der Waals surface area contributed by atoms with Gasteiger partial charge in [-0.05, 0) is 36.6 Å². The highest BCUT2D eigenvalue weighted by atomic mass is 35.5. The standard InChI is InChI=1S/C19H15Cl2FN4O2/c20-17-14(22)16-13(10-23-17)15(24-19(21)25-16)11-6-8-26(9-7-11)28-18(27)12-4-2-1-3-5-12/h1-5,10-11H,6-9H2. The molecule has 4 rings (SSSR count). The van der Waals surface area contributed by atoms with Gasteiger partial charge in [0.1, 0.15) is 5.52 Å². The number of piperidine rings is 1. The van der Waals surface area contributed by atoms with Gasteiger partial charge in [0.15, 0.2) is 11.0 Å². The van der Waals surface area contributed by atoms with Crippen LogP contribution in [0.2, 0.25) is 10.4 Å². The monoisotopic (exact) mass is 420 g/mol. The van der Waals surface area contributed by atoms with E-state index < -0.39 is 11.8 Å². The predicted octanol–water partition coefficient (Wildman–Crippen LogP) is 4.42. The number of benzene rings is 1. The van der Waals surface area contributed by atoms with Gasteiger partial charge in [0.2, 0.25) is 5.28 Å². The molecule has 3 heterocycles. The van der Waals surface area contributed by atoms with Crippen LogP contribution in [0, 0.1) is 5.82 Å². The quantitative estimate of drug-likeness (QED) is 0.461. The van der Waals surface area contributed by atoms with Crippen LogP contribution >= 0.6 is 23.2 Å². The summed E-state index contributed by atoms with van der Waals surface area (Å²) >= 11 is 11.8. The van der Waals surface area contributed by atoms with Crippen LogP contribution in [0.3, 0.4) is 0 Å². The van der Waals surface area contributed by atoms with Crippen LogP contribution in [-0.2, 0) is 4.84 Å². The van der Waals surface area contributed by atoms with Crippen LogP contribution in [-0.4, -0.2) is 39.1 Å². The number of pyridine rings is 1. The van der Waals surface area contributed by atoms with Crippen molar-refractivity contribution in [1.82, 2.24) is 20.0 Å². The summed E-state index contributed by atoms with van der Waals surface area (Å²) in [5.41, 5.74) is 1.19. The first-order valence-electron chi connectivity index (χ1n) is 8.72. The molecule has 1 saturated heterocycles. The smallest absolute Gasteiger partial charge is 0.357 e. The second-order valence-electron chi connectivity index (χ2n) is 6.45. The van der Waals surface area contributed by atoms with Crippen molar-refractivity contribution in [2.24, 2.45) is 0 Å². The van der Waals surface area contributed by atoms with Crippen molar-refractivity contribution in [2.75, 3.05) is 13.1 Å². The number of hydroxylamine groups is 2. The van der Waals surface area contributed by atoms with Crippen LogP contribution < -0.4 is 0 Å². The summed E-state index contributed by atoms with van der Waals surface area (Å²) in [7, 11) is 0. The molecule has 1 aliphatic rings. The molecule has 2 aromatic heterocycles. The van der Waals surface area contributed by atoms with Crippen LogP contribution in [0.25, 0.3) is 10.9 Å². The molecule has 28 heavy (non-hydrogen) atoms. The Labute approximate surface area is 170 Å². The molecule has 0 bridgehead atoms. The van der Waals surface area contributed by atoms with Crippen LogP contribution in [0.4, 0.5) is 4.39 Å². The first-order valence-corrected chi connectivity index (χ1v) is 9.48. The van der Waals surface area contributed by atoms with E-state index in [9.17, 15) is 9.18 Å².